The first-order valence-electron chi connectivity index (χ1n) is 8.57. The topological polar surface area (TPSA) is 27.7 Å². The Bertz CT molecular complexity index is 489. The van der Waals surface area contributed by atoms with E-state index in [9.17, 15) is 0 Å². The number of hydrogen-bond acceptors (Lipinski definition) is 4. The van der Waals surface area contributed by atoms with Gasteiger partial charge in [-0.3, -0.25) is 10.2 Å². The lowest BCUT2D eigenvalue weighted by Crippen LogP contribution is -2.53. The van der Waals surface area contributed by atoms with Gasteiger partial charge in [-0.1, -0.05) is 32.0 Å². The third kappa shape index (κ3) is 3.45. The van der Waals surface area contributed by atoms with E-state index in [2.05, 4.69) is 54.1 Å². The second-order valence-electron chi connectivity index (χ2n) is 6.88. The van der Waals surface area contributed by atoms with Gasteiger partial charge in [0, 0.05) is 38.4 Å². The molecule has 2 fully saturated rings. The molecule has 0 saturated carbocycles. The molecule has 22 heavy (non-hydrogen) atoms. The van der Waals surface area contributed by atoms with Crippen LogP contribution in [-0.2, 0) is 11.2 Å². The zero-order valence-electron chi connectivity index (χ0n) is 14.1. The predicted molar refractivity (Wildman–Crippen MR) is 91.2 cm³/mol. The minimum Gasteiger partial charge on any atom is -0.369 e. The van der Waals surface area contributed by atoms with Crippen LogP contribution in [-0.4, -0.2) is 50.6 Å². The molecule has 1 aromatic rings. The molecule has 2 aliphatic heterocycles. The number of nitrogens with zero attached hydrogens (tertiary/aromatic N) is 2. The van der Waals surface area contributed by atoms with Crippen LogP contribution in [0, 0.1) is 12.8 Å². The fourth-order valence-corrected chi connectivity index (χ4v) is 3.60. The summed E-state index contributed by atoms with van der Waals surface area (Å²) in [6.07, 6.45) is 1.29. The number of nitrogens with one attached hydrogen (secondary N) is 1. The van der Waals surface area contributed by atoms with E-state index in [1.807, 2.05) is 0 Å². The maximum atomic E-state index is 5.73. The van der Waals surface area contributed by atoms with Crippen molar-refractivity contribution in [1.29, 1.82) is 0 Å². The molecule has 0 aliphatic carbocycles. The van der Waals surface area contributed by atoms with Crippen molar-refractivity contribution in [3.05, 3.63) is 29.3 Å². The fraction of sp³-hybridized carbons (Fsp3) is 0.667. The molecule has 122 valence electrons. The number of rotatable bonds is 4. The summed E-state index contributed by atoms with van der Waals surface area (Å²) in [6, 6.07) is 6.74. The maximum Gasteiger partial charge on any atom is 0.166 e. The van der Waals surface area contributed by atoms with Crippen LogP contribution in [0.4, 0.5) is 5.69 Å². The molecule has 1 unspecified atom stereocenters. The van der Waals surface area contributed by atoms with Gasteiger partial charge in [0.25, 0.3) is 0 Å². The highest BCUT2D eigenvalue weighted by Crippen LogP contribution is 2.28. The molecule has 1 atom stereocenters. The van der Waals surface area contributed by atoms with Crippen molar-refractivity contribution < 1.29 is 4.74 Å². The van der Waals surface area contributed by atoms with E-state index in [1.54, 1.807) is 0 Å². The van der Waals surface area contributed by atoms with Gasteiger partial charge in [-0.05, 0) is 30.4 Å². The molecule has 3 rings (SSSR count). The van der Waals surface area contributed by atoms with Crippen LogP contribution in [0.15, 0.2) is 18.2 Å². The fourth-order valence-electron chi connectivity index (χ4n) is 3.60. The average molecular weight is 303 g/mol. The Kier molecular flexibility index (Phi) is 5.01. The zero-order valence-corrected chi connectivity index (χ0v) is 14.1. The second kappa shape index (κ2) is 6.99. The third-order valence-corrected chi connectivity index (χ3v) is 4.61. The highest BCUT2D eigenvalue weighted by molar-refractivity contribution is 5.60. The Hall–Kier alpha value is -1.10. The SMILES string of the molecule is Cc1cccc(CC(C)C)c1N1CCN(C2NCCO2)CC1. The Labute approximate surface area is 134 Å². The molecule has 1 N–H and O–H groups in total. The molecule has 2 heterocycles. The smallest absolute Gasteiger partial charge is 0.166 e. The highest BCUT2D eigenvalue weighted by Gasteiger charge is 2.27. The van der Waals surface area contributed by atoms with Crippen molar-refractivity contribution in [2.75, 3.05) is 44.2 Å². The van der Waals surface area contributed by atoms with Gasteiger partial charge in [0.1, 0.15) is 0 Å². The van der Waals surface area contributed by atoms with E-state index in [-0.39, 0.29) is 6.35 Å². The highest BCUT2D eigenvalue weighted by atomic mass is 16.5. The van der Waals surface area contributed by atoms with Gasteiger partial charge in [0.15, 0.2) is 6.35 Å². The summed E-state index contributed by atoms with van der Waals surface area (Å²) in [5.41, 5.74) is 4.37. The molecule has 1 aromatic carbocycles. The zero-order chi connectivity index (χ0) is 15.5. The predicted octanol–water partition coefficient (Wildman–Crippen LogP) is 2.22. The number of para-hydroxylation sites is 1. The summed E-state index contributed by atoms with van der Waals surface area (Å²) >= 11 is 0. The van der Waals surface area contributed by atoms with Crippen molar-refractivity contribution in [3.63, 3.8) is 0 Å². The molecule has 0 bridgehead atoms. The van der Waals surface area contributed by atoms with Crippen molar-refractivity contribution in [2.24, 2.45) is 5.92 Å². The summed E-state index contributed by atoms with van der Waals surface area (Å²) in [6.45, 7) is 12.9. The van der Waals surface area contributed by atoms with E-state index < -0.39 is 0 Å². The van der Waals surface area contributed by atoms with Gasteiger partial charge >= 0.3 is 0 Å². The first kappa shape index (κ1) is 15.8. The standard InChI is InChI=1S/C18H29N3O/c1-14(2)13-16-6-4-5-15(3)17(16)20-8-10-21(11-9-20)18-19-7-12-22-18/h4-6,14,18-19H,7-13H2,1-3H3. The largest absolute Gasteiger partial charge is 0.369 e. The Morgan fingerprint density at radius 1 is 1.23 bits per heavy atom. The lowest BCUT2D eigenvalue weighted by atomic mass is 9.97. The number of piperazine rings is 1. The van der Waals surface area contributed by atoms with Gasteiger partial charge in [-0.2, -0.15) is 0 Å². The number of benzene rings is 1. The maximum absolute atomic E-state index is 5.73. The van der Waals surface area contributed by atoms with Crippen molar-refractivity contribution >= 4 is 5.69 Å². The minimum absolute atomic E-state index is 0.133. The number of ether oxygens (including phenoxy) is 1. The van der Waals surface area contributed by atoms with Gasteiger partial charge in [-0.15, -0.1) is 0 Å². The lowest BCUT2D eigenvalue weighted by molar-refractivity contribution is -0.0338. The van der Waals surface area contributed by atoms with E-state index in [4.69, 9.17) is 4.74 Å². The molecule has 0 aromatic heterocycles. The number of aryl methyl sites for hydroxylation is 1. The summed E-state index contributed by atoms with van der Waals surface area (Å²) < 4.78 is 5.73. The summed E-state index contributed by atoms with van der Waals surface area (Å²) in [4.78, 5) is 4.99. The van der Waals surface area contributed by atoms with Crippen LogP contribution in [0.25, 0.3) is 0 Å². The molecule has 4 nitrogen and oxygen atoms in total. The molecule has 2 aliphatic rings. The lowest BCUT2D eigenvalue weighted by Gasteiger charge is -2.39. The monoisotopic (exact) mass is 303 g/mol. The summed E-state index contributed by atoms with van der Waals surface area (Å²) in [5.74, 6) is 0.693. The van der Waals surface area contributed by atoms with Crippen LogP contribution in [0.3, 0.4) is 0 Å². The molecule has 0 radical (unpaired) electrons. The van der Waals surface area contributed by atoms with Crippen LogP contribution >= 0.6 is 0 Å². The van der Waals surface area contributed by atoms with E-state index in [1.165, 1.54) is 16.8 Å². The Morgan fingerprint density at radius 2 is 2.00 bits per heavy atom. The van der Waals surface area contributed by atoms with Crippen molar-refractivity contribution in [2.45, 2.75) is 33.5 Å². The Balaban J connectivity index is 1.70. The number of hydrogen-bond donors (Lipinski definition) is 1. The molecular formula is C18H29N3O. The number of anilines is 1. The second-order valence-corrected chi connectivity index (χ2v) is 6.88. The van der Waals surface area contributed by atoms with Gasteiger partial charge in [0.05, 0.1) is 6.61 Å². The first-order valence-corrected chi connectivity index (χ1v) is 8.57. The van der Waals surface area contributed by atoms with Gasteiger partial charge < -0.3 is 9.64 Å². The van der Waals surface area contributed by atoms with E-state index in [0.717, 1.165) is 45.8 Å². The van der Waals surface area contributed by atoms with Crippen LogP contribution in [0.1, 0.15) is 25.0 Å². The average Bonchev–Trinajstić information content (AvgIpc) is 3.01. The van der Waals surface area contributed by atoms with Crippen molar-refractivity contribution in [3.8, 4) is 0 Å². The molecule has 0 spiro atoms. The van der Waals surface area contributed by atoms with E-state index >= 15 is 0 Å². The van der Waals surface area contributed by atoms with Crippen LogP contribution in [0.2, 0.25) is 0 Å². The van der Waals surface area contributed by atoms with E-state index in [0.29, 0.717) is 5.92 Å². The molecule has 0 amide bonds. The van der Waals surface area contributed by atoms with Crippen LogP contribution < -0.4 is 10.2 Å². The Morgan fingerprint density at radius 3 is 2.64 bits per heavy atom. The van der Waals surface area contributed by atoms with Crippen molar-refractivity contribution in [1.82, 2.24) is 10.2 Å². The normalized spacial score (nSPS) is 23.5. The first-order chi connectivity index (χ1) is 10.6. The third-order valence-electron chi connectivity index (χ3n) is 4.61. The quantitative estimate of drug-likeness (QED) is 0.923. The molecular weight excluding hydrogens is 274 g/mol. The molecule has 2 saturated heterocycles. The van der Waals surface area contributed by atoms with Crippen LogP contribution in [0.5, 0.6) is 0 Å². The summed E-state index contributed by atoms with van der Waals surface area (Å²) in [5, 5.41) is 3.41. The summed E-state index contributed by atoms with van der Waals surface area (Å²) in [7, 11) is 0. The minimum atomic E-state index is 0.133. The van der Waals surface area contributed by atoms with Gasteiger partial charge in [-0.25, -0.2) is 0 Å². The van der Waals surface area contributed by atoms with Gasteiger partial charge in [0.2, 0.25) is 0 Å². The molecule has 4 heteroatoms.